The van der Waals surface area contributed by atoms with E-state index in [0.29, 0.717) is 11.8 Å². The lowest BCUT2D eigenvalue weighted by Crippen LogP contribution is -2.63. The molecular formula is C20H34O3. The Morgan fingerprint density at radius 1 is 0.870 bits per heavy atom. The SMILES string of the molecule is CC1(C)C[C@@H](O)C[C@]2(C)[C@@H]1[C@H](O)C[C@@]13CC(CC[C@H]12)[C@](C)(O)C3. The van der Waals surface area contributed by atoms with Gasteiger partial charge in [0.25, 0.3) is 0 Å². The summed E-state index contributed by atoms with van der Waals surface area (Å²) in [7, 11) is 0. The van der Waals surface area contributed by atoms with Crippen molar-refractivity contribution >= 4 is 0 Å². The molecule has 2 bridgehead atoms. The van der Waals surface area contributed by atoms with Crippen molar-refractivity contribution in [3.05, 3.63) is 0 Å². The zero-order chi connectivity index (χ0) is 16.8. The van der Waals surface area contributed by atoms with Crippen molar-refractivity contribution in [1.82, 2.24) is 0 Å². The van der Waals surface area contributed by atoms with Crippen molar-refractivity contribution < 1.29 is 15.3 Å². The van der Waals surface area contributed by atoms with Crippen LogP contribution >= 0.6 is 0 Å². The molecule has 0 aliphatic heterocycles. The van der Waals surface area contributed by atoms with E-state index in [2.05, 4.69) is 20.8 Å². The third-order valence-electron chi connectivity index (χ3n) is 8.57. The van der Waals surface area contributed by atoms with Gasteiger partial charge in [-0.2, -0.15) is 0 Å². The van der Waals surface area contributed by atoms with E-state index < -0.39 is 5.60 Å². The first kappa shape index (κ1) is 16.4. The van der Waals surface area contributed by atoms with Crippen LogP contribution in [0, 0.1) is 34.0 Å². The number of aliphatic hydroxyl groups excluding tert-OH is 2. The molecular weight excluding hydrogens is 288 g/mol. The van der Waals surface area contributed by atoms with Crippen LogP contribution in [0.1, 0.15) is 72.6 Å². The molecule has 0 saturated heterocycles. The maximum atomic E-state index is 11.2. The molecule has 0 aromatic heterocycles. The van der Waals surface area contributed by atoms with Gasteiger partial charge in [-0.3, -0.25) is 0 Å². The summed E-state index contributed by atoms with van der Waals surface area (Å²) >= 11 is 0. The molecule has 1 unspecified atom stereocenters. The Morgan fingerprint density at radius 3 is 2.26 bits per heavy atom. The minimum absolute atomic E-state index is 0.00970. The Bertz CT molecular complexity index is 513. The van der Waals surface area contributed by atoms with Gasteiger partial charge in [0.1, 0.15) is 0 Å². The van der Waals surface area contributed by atoms with Gasteiger partial charge < -0.3 is 15.3 Å². The van der Waals surface area contributed by atoms with Gasteiger partial charge in [0.05, 0.1) is 17.8 Å². The van der Waals surface area contributed by atoms with Gasteiger partial charge in [-0.15, -0.1) is 0 Å². The summed E-state index contributed by atoms with van der Waals surface area (Å²) in [4.78, 5) is 0. The van der Waals surface area contributed by atoms with Crippen LogP contribution in [0.4, 0.5) is 0 Å². The van der Waals surface area contributed by atoms with Crippen LogP contribution in [0.3, 0.4) is 0 Å². The number of hydrogen-bond acceptors (Lipinski definition) is 3. The molecule has 132 valence electrons. The van der Waals surface area contributed by atoms with Crippen molar-refractivity contribution in [2.75, 3.05) is 0 Å². The Balaban J connectivity index is 1.79. The molecule has 4 saturated carbocycles. The molecule has 0 amide bonds. The van der Waals surface area contributed by atoms with Crippen LogP contribution in [0.2, 0.25) is 0 Å². The van der Waals surface area contributed by atoms with Gasteiger partial charge in [-0.05, 0) is 85.9 Å². The van der Waals surface area contributed by atoms with Crippen LogP contribution < -0.4 is 0 Å². The summed E-state index contributed by atoms with van der Waals surface area (Å²) in [5, 5.41) is 32.6. The van der Waals surface area contributed by atoms with Crippen LogP contribution in [0.5, 0.6) is 0 Å². The first-order chi connectivity index (χ1) is 10.5. The second-order valence-corrected chi connectivity index (χ2v) is 10.7. The third kappa shape index (κ3) is 2.05. The normalized spacial score (nSPS) is 60.9. The molecule has 23 heavy (non-hydrogen) atoms. The molecule has 4 aliphatic rings. The number of fused-ring (bicyclic) bond motifs is 3. The van der Waals surface area contributed by atoms with E-state index in [1.54, 1.807) is 0 Å². The van der Waals surface area contributed by atoms with Gasteiger partial charge in [-0.25, -0.2) is 0 Å². The van der Waals surface area contributed by atoms with Crippen LogP contribution in [-0.2, 0) is 0 Å². The minimum atomic E-state index is -0.569. The monoisotopic (exact) mass is 322 g/mol. The number of rotatable bonds is 0. The van der Waals surface area contributed by atoms with Crippen molar-refractivity contribution in [3.63, 3.8) is 0 Å². The molecule has 0 aromatic carbocycles. The molecule has 4 aliphatic carbocycles. The fraction of sp³-hybridized carbons (Fsp3) is 1.00. The molecule has 4 rings (SSSR count). The lowest BCUT2D eigenvalue weighted by Gasteiger charge is -2.66. The van der Waals surface area contributed by atoms with Crippen molar-refractivity contribution in [1.29, 1.82) is 0 Å². The van der Waals surface area contributed by atoms with E-state index in [1.807, 2.05) is 6.92 Å². The predicted octanol–water partition coefficient (Wildman–Crippen LogP) is 3.11. The van der Waals surface area contributed by atoms with E-state index in [4.69, 9.17) is 0 Å². The van der Waals surface area contributed by atoms with Crippen LogP contribution in [0.25, 0.3) is 0 Å². The van der Waals surface area contributed by atoms with E-state index in [9.17, 15) is 15.3 Å². The van der Waals surface area contributed by atoms with Gasteiger partial charge in [-0.1, -0.05) is 20.8 Å². The van der Waals surface area contributed by atoms with Gasteiger partial charge in [0, 0.05) is 0 Å². The fourth-order valence-corrected chi connectivity index (χ4v) is 8.51. The minimum Gasteiger partial charge on any atom is -0.393 e. The highest BCUT2D eigenvalue weighted by Crippen LogP contribution is 2.72. The lowest BCUT2D eigenvalue weighted by atomic mass is 9.40. The zero-order valence-electron chi connectivity index (χ0n) is 15.2. The molecule has 1 spiro atoms. The van der Waals surface area contributed by atoms with Crippen molar-refractivity contribution in [2.45, 2.75) is 90.4 Å². The Hall–Kier alpha value is -0.120. The highest BCUT2D eigenvalue weighted by molar-refractivity contribution is 5.18. The standard InChI is InChI=1S/C20H34O3/c1-17(2)8-13(21)9-18(3)15-6-5-12-7-20(15,11-19(12,4)23)10-14(22)16(17)18/h12-16,21-23H,5-11H2,1-4H3/t12?,13-,14-,15+,16-,18+,19-,20-/m1/s1. The quantitative estimate of drug-likeness (QED) is 0.642. The summed E-state index contributed by atoms with van der Waals surface area (Å²) in [6.07, 6.45) is 6.08. The van der Waals surface area contributed by atoms with Gasteiger partial charge >= 0.3 is 0 Å². The first-order valence-electron chi connectivity index (χ1n) is 9.59. The highest BCUT2D eigenvalue weighted by Gasteiger charge is 2.69. The summed E-state index contributed by atoms with van der Waals surface area (Å²) in [5.74, 6) is 1.19. The van der Waals surface area contributed by atoms with Crippen LogP contribution in [0.15, 0.2) is 0 Å². The molecule has 0 heterocycles. The zero-order valence-corrected chi connectivity index (χ0v) is 15.2. The maximum absolute atomic E-state index is 11.2. The van der Waals surface area contributed by atoms with Gasteiger partial charge in [0.2, 0.25) is 0 Å². The Labute approximate surface area is 140 Å². The maximum Gasteiger partial charge on any atom is 0.0653 e. The second kappa shape index (κ2) is 4.53. The summed E-state index contributed by atoms with van der Waals surface area (Å²) in [6, 6.07) is 0. The average molecular weight is 322 g/mol. The largest absolute Gasteiger partial charge is 0.393 e. The van der Waals surface area contributed by atoms with Crippen molar-refractivity contribution in [3.8, 4) is 0 Å². The number of aliphatic hydroxyl groups is 3. The van der Waals surface area contributed by atoms with Gasteiger partial charge in [0.15, 0.2) is 0 Å². The first-order valence-corrected chi connectivity index (χ1v) is 9.59. The highest BCUT2D eigenvalue weighted by atomic mass is 16.3. The Kier molecular flexibility index (Phi) is 3.22. The molecule has 0 radical (unpaired) electrons. The van der Waals surface area contributed by atoms with E-state index in [1.165, 1.54) is 0 Å². The van der Waals surface area contributed by atoms with Crippen molar-refractivity contribution in [2.24, 2.45) is 34.0 Å². The molecule has 0 aromatic rings. The topological polar surface area (TPSA) is 60.7 Å². The molecule has 3 heteroatoms. The smallest absolute Gasteiger partial charge is 0.0653 e. The molecule has 8 atom stereocenters. The average Bonchev–Trinajstić information content (AvgIpc) is 2.51. The molecule has 3 nitrogen and oxygen atoms in total. The fourth-order valence-electron chi connectivity index (χ4n) is 8.51. The van der Waals surface area contributed by atoms with Crippen LogP contribution in [-0.4, -0.2) is 33.1 Å². The second-order valence-electron chi connectivity index (χ2n) is 10.7. The summed E-state index contributed by atoms with van der Waals surface area (Å²) < 4.78 is 0. The lowest BCUT2D eigenvalue weighted by molar-refractivity contribution is -0.216. The molecule has 3 N–H and O–H groups in total. The van der Waals surface area contributed by atoms with E-state index >= 15 is 0 Å². The molecule has 4 fully saturated rings. The summed E-state index contributed by atoms with van der Waals surface area (Å²) in [5.41, 5.74) is -0.514. The Morgan fingerprint density at radius 2 is 1.57 bits per heavy atom. The number of hydrogen-bond donors (Lipinski definition) is 3. The predicted molar refractivity (Wildman–Crippen MR) is 89.7 cm³/mol. The van der Waals surface area contributed by atoms with E-state index in [-0.39, 0.29) is 34.4 Å². The summed E-state index contributed by atoms with van der Waals surface area (Å²) in [6.45, 7) is 8.81. The van der Waals surface area contributed by atoms with E-state index in [0.717, 1.165) is 44.9 Å². The third-order valence-corrected chi connectivity index (χ3v) is 8.57.